The zero-order valence-corrected chi connectivity index (χ0v) is 8.18. The highest BCUT2D eigenvalue weighted by Gasteiger charge is 2.26. The van der Waals surface area contributed by atoms with Crippen molar-refractivity contribution in [3.05, 3.63) is 0 Å². The minimum Gasteiger partial charge on any atom is -0.447 e. The average molecular weight is 218 g/mol. The van der Waals surface area contributed by atoms with Gasteiger partial charge in [0.2, 0.25) is 0 Å². The predicted octanol–water partition coefficient (Wildman–Crippen LogP) is -0.275. The summed E-state index contributed by atoms with van der Waals surface area (Å²) < 4.78 is 14.6. The molecular weight excluding hydrogens is 204 g/mol. The van der Waals surface area contributed by atoms with Crippen LogP contribution in [0.2, 0.25) is 0 Å². The third-order valence-electron chi connectivity index (χ3n) is 2.02. The molecule has 1 rings (SSSR count). The Morgan fingerprint density at radius 2 is 1.47 bits per heavy atom. The summed E-state index contributed by atoms with van der Waals surface area (Å²) in [5.74, 6) is 0. The van der Waals surface area contributed by atoms with E-state index in [0.29, 0.717) is 0 Å². The molecule has 15 heavy (non-hydrogen) atoms. The molecule has 1 heterocycles. The van der Waals surface area contributed by atoms with Crippen molar-refractivity contribution in [2.24, 2.45) is 11.5 Å². The molecule has 0 aromatic rings. The number of carbonyl (C=O) groups is 2. The minimum atomic E-state index is -0.824. The number of hydrogen-bond acceptors (Lipinski definition) is 5. The van der Waals surface area contributed by atoms with Crippen LogP contribution in [0.3, 0.4) is 0 Å². The van der Waals surface area contributed by atoms with Crippen molar-refractivity contribution in [2.75, 3.05) is 13.2 Å². The van der Waals surface area contributed by atoms with E-state index in [1.807, 2.05) is 0 Å². The van der Waals surface area contributed by atoms with E-state index in [2.05, 4.69) is 9.47 Å². The van der Waals surface area contributed by atoms with Crippen LogP contribution < -0.4 is 11.5 Å². The van der Waals surface area contributed by atoms with Gasteiger partial charge in [0.1, 0.15) is 13.2 Å². The van der Waals surface area contributed by atoms with Crippen LogP contribution in [0.4, 0.5) is 9.59 Å². The second-order valence-corrected chi connectivity index (χ2v) is 3.22. The first-order valence-corrected chi connectivity index (χ1v) is 4.58. The Balaban J connectivity index is 2.15. The number of nitrogens with two attached hydrogens (primary N) is 2. The first kappa shape index (κ1) is 11.6. The summed E-state index contributed by atoms with van der Waals surface area (Å²) in [4.78, 5) is 20.6. The summed E-state index contributed by atoms with van der Waals surface area (Å²) in [5, 5.41) is 0. The van der Waals surface area contributed by atoms with Crippen molar-refractivity contribution in [1.82, 2.24) is 0 Å². The van der Waals surface area contributed by atoms with Gasteiger partial charge in [-0.3, -0.25) is 0 Å². The Bertz CT molecular complexity index is 221. The first-order valence-electron chi connectivity index (χ1n) is 4.58. The quantitative estimate of drug-likeness (QED) is 0.673. The maximum absolute atomic E-state index is 10.3. The molecule has 0 unspecified atom stereocenters. The monoisotopic (exact) mass is 218 g/mol. The van der Waals surface area contributed by atoms with Crippen LogP contribution in [0.1, 0.15) is 12.8 Å². The molecule has 7 nitrogen and oxygen atoms in total. The maximum atomic E-state index is 10.3. The van der Waals surface area contributed by atoms with Gasteiger partial charge in [0.15, 0.2) is 0 Å². The molecule has 4 N–H and O–H groups in total. The lowest BCUT2D eigenvalue weighted by atomic mass is 10.2. The fourth-order valence-electron chi connectivity index (χ4n) is 1.38. The van der Waals surface area contributed by atoms with E-state index >= 15 is 0 Å². The molecule has 2 amide bonds. The number of hydrogen-bond donors (Lipinski definition) is 2. The highest BCUT2D eigenvalue weighted by Crippen LogP contribution is 2.20. The van der Waals surface area contributed by atoms with E-state index in [0.717, 1.165) is 12.8 Å². The van der Waals surface area contributed by atoms with Crippen molar-refractivity contribution in [3.8, 4) is 0 Å². The van der Waals surface area contributed by atoms with Crippen LogP contribution >= 0.6 is 0 Å². The highest BCUT2D eigenvalue weighted by molar-refractivity contribution is 5.64. The number of primary amides is 2. The molecule has 0 aromatic carbocycles. The van der Waals surface area contributed by atoms with Gasteiger partial charge in [-0.25, -0.2) is 9.59 Å². The van der Waals surface area contributed by atoms with E-state index in [9.17, 15) is 9.59 Å². The van der Waals surface area contributed by atoms with Gasteiger partial charge in [-0.1, -0.05) is 0 Å². The first-order chi connectivity index (χ1) is 7.08. The van der Waals surface area contributed by atoms with Crippen LogP contribution in [-0.2, 0) is 14.2 Å². The largest absolute Gasteiger partial charge is 0.447 e. The summed E-state index contributed by atoms with van der Waals surface area (Å²) in [6.45, 7) is 0.255. The molecular formula is C8H14N2O5. The lowest BCUT2D eigenvalue weighted by Gasteiger charge is -2.12. The molecule has 7 heteroatoms. The topological polar surface area (TPSA) is 114 Å². The average Bonchev–Trinajstić information content (AvgIpc) is 2.59. The van der Waals surface area contributed by atoms with Crippen LogP contribution in [0.5, 0.6) is 0 Å². The molecule has 0 saturated carbocycles. The fourth-order valence-corrected chi connectivity index (χ4v) is 1.38. The second-order valence-electron chi connectivity index (χ2n) is 3.22. The predicted molar refractivity (Wildman–Crippen MR) is 49.0 cm³/mol. The highest BCUT2D eigenvalue weighted by atomic mass is 16.6. The number of amides is 2. The molecule has 0 aromatic heterocycles. The van der Waals surface area contributed by atoms with E-state index < -0.39 is 12.2 Å². The minimum absolute atomic E-state index is 0.127. The molecule has 0 aliphatic carbocycles. The molecule has 1 fully saturated rings. The zero-order chi connectivity index (χ0) is 11.3. The van der Waals surface area contributed by atoms with Gasteiger partial charge in [-0.2, -0.15) is 0 Å². The third-order valence-corrected chi connectivity index (χ3v) is 2.02. The molecule has 2 atom stereocenters. The van der Waals surface area contributed by atoms with Crippen LogP contribution in [-0.4, -0.2) is 37.6 Å². The van der Waals surface area contributed by atoms with Gasteiger partial charge in [-0.05, 0) is 12.8 Å². The summed E-state index contributed by atoms with van der Waals surface area (Å²) >= 11 is 0. The summed E-state index contributed by atoms with van der Waals surface area (Å²) in [7, 11) is 0. The number of rotatable bonds is 4. The van der Waals surface area contributed by atoms with Crippen molar-refractivity contribution < 1.29 is 23.8 Å². The van der Waals surface area contributed by atoms with E-state index in [1.54, 1.807) is 0 Å². The molecule has 0 bridgehead atoms. The molecule has 1 aliphatic rings. The summed E-state index contributed by atoms with van der Waals surface area (Å²) in [6, 6.07) is 0. The Morgan fingerprint density at radius 1 is 1.07 bits per heavy atom. The second kappa shape index (κ2) is 5.40. The SMILES string of the molecule is NC(=O)OC[C@@H]1CC[C@@H](COC(N)=O)O1. The smallest absolute Gasteiger partial charge is 0.404 e. The molecule has 1 aliphatic heterocycles. The fraction of sp³-hybridized carbons (Fsp3) is 0.750. The lowest BCUT2D eigenvalue weighted by molar-refractivity contribution is -0.0178. The normalized spacial score (nSPS) is 24.8. The van der Waals surface area contributed by atoms with E-state index in [1.165, 1.54) is 0 Å². The standard InChI is InChI=1S/C8H14N2O5/c9-7(11)13-3-5-1-2-6(15-5)4-14-8(10)12/h5-6H,1-4H2,(H2,9,11)(H2,10,12)/t5-,6-/m0/s1. The van der Waals surface area contributed by atoms with Gasteiger partial charge >= 0.3 is 12.2 Å². The zero-order valence-electron chi connectivity index (χ0n) is 8.18. The van der Waals surface area contributed by atoms with Crippen LogP contribution in [0, 0.1) is 0 Å². The van der Waals surface area contributed by atoms with E-state index in [4.69, 9.17) is 16.2 Å². The Morgan fingerprint density at radius 3 is 1.80 bits per heavy atom. The van der Waals surface area contributed by atoms with Gasteiger partial charge in [-0.15, -0.1) is 0 Å². The van der Waals surface area contributed by atoms with Crippen molar-refractivity contribution in [1.29, 1.82) is 0 Å². The van der Waals surface area contributed by atoms with Gasteiger partial charge in [0.05, 0.1) is 12.2 Å². The third kappa shape index (κ3) is 4.50. The van der Waals surface area contributed by atoms with E-state index in [-0.39, 0.29) is 25.4 Å². The molecule has 0 radical (unpaired) electrons. The number of carbonyl (C=O) groups excluding carboxylic acids is 2. The van der Waals surface area contributed by atoms with Gasteiger partial charge in [0, 0.05) is 0 Å². The van der Waals surface area contributed by atoms with Crippen molar-refractivity contribution in [2.45, 2.75) is 25.0 Å². The Labute approximate surface area is 86.6 Å². The Kier molecular flexibility index (Phi) is 4.17. The van der Waals surface area contributed by atoms with Gasteiger partial charge in [0.25, 0.3) is 0 Å². The maximum Gasteiger partial charge on any atom is 0.404 e. The lowest BCUT2D eigenvalue weighted by Crippen LogP contribution is -2.25. The van der Waals surface area contributed by atoms with Crippen molar-refractivity contribution >= 4 is 12.2 Å². The molecule has 1 saturated heterocycles. The van der Waals surface area contributed by atoms with Gasteiger partial charge < -0.3 is 25.7 Å². The van der Waals surface area contributed by atoms with Crippen LogP contribution in [0.25, 0.3) is 0 Å². The van der Waals surface area contributed by atoms with Crippen LogP contribution in [0.15, 0.2) is 0 Å². The molecule has 86 valence electrons. The summed E-state index contributed by atoms with van der Waals surface area (Å²) in [5.41, 5.74) is 9.60. The number of ether oxygens (including phenoxy) is 3. The molecule has 0 spiro atoms. The summed E-state index contributed by atoms with van der Waals surface area (Å²) in [6.07, 6.45) is -0.538. The Hall–Kier alpha value is -1.50. The van der Waals surface area contributed by atoms with Crippen molar-refractivity contribution in [3.63, 3.8) is 0 Å².